The molecule has 2 N–H and O–H groups in total. The third-order valence-corrected chi connectivity index (χ3v) is 6.91. The molecule has 0 unspecified atom stereocenters. The molecule has 0 bridgehead atoms. The van der Waals surface area contributed by atoms with Crippen LogP contribution in [0, 0.1) is 5.82 Å². The highest BCUT2D eigenvalue weighted by molar-refractivity contribution is 5.91. The lowest BCUT2D eigenvalue weighted by atomic mass is 9.98. The van der Waals surface area contributed by atoms with Crippen LogP contribution in [0.4, 0.5) is 9.18 Å². The molecule has 0 atom stereocenters. The Kier molecular flexibility index (Phi) is 5.34. The molecule has 2 fully saturated rings. The Bertz CT molecular complexity index is 1490. The Hall–Kier alpha value is -3.79. The normalized spacial score (nSPS) is 17.2. The van der Waals surface area contributed by atoms with Crippen molar-refractivity contribution in [3.05, 3.63) is 54.2 Å². The second kappa shape index (κ2) is 8.37. The maximum atomic E-state index is 15.5. The molecule has 3 aromatic heterocycles. The molecule has 4 heterocycles. The Morgan fingerprint density at radius 3 is 2.65 bits per heavy atom. The number of ether oxygens (including phenoxy) is 1. The summed E-state index contributed by atoms with van der Waals surface area (Å²) in [4.78, 5) is 26.9. The van der Waals surface area contributed by atoms with Gasteiger partial charge in [0.1, 0.15) is 17.2 Å². The van der Waals surface area contributed by atoms with E-state index in [9.17, 15) is 4.79 Å². The topological polar surface area (TPSA) is 101 Å². The van der Waals surface area contributed by atoms with Crippen LogP contribution in [-0.2, 0) is 17.3 Å². The van der Waals surface area contributed by atoms with Crippen molar-refractivity contribution in [1.29, 1.82) is 0 Å². The van der Waals surface area contributed by atoms with Crippen molar-refractivity contribution in [1.82, 2.24) is 34.9 Å². The third-order valence-electron chi connectivity index (χ3n) is 6.91. The molecule has 9 nitrogen and oxygen atoms in total. The van der Waals surface area contributed by atoms with Gasteiger partial charge in [0.2, 0.25) is 0 Å². The average Bonchev–Trinajstić information content (AvgIpc) is 3.22. The van der Waals surface area contributed by atoms with Gasteiger partial charge in [0.25, 0.3) is 0 Å². The van der Waals surface area contributed by atoms with Gasteiger partial charge in [-0.05, 0) is 51.3 Å². The number of carbonyl (C=O) groups is 1. The number of carbonyl (C=O) groups excluding carboxylic acids is 1. The second-order valence-electron chi connectivity index (χ2n) is 11.0. The van der Waals surface area contributed by atoms with Crippen molar-refractivity contribution in [3.63, 3.8) is 0 Å². The lowest BCUT2D eigenvalue weighted by Crippen LogP contribution is -2.60. The number of benzene rings is 1. The first-order valence-electron chi connectivity index (χ1n) is 12.5. The van der Waals surface area contributed by atoms with E-state index in [1.165, 1.54) is 6.07 Å². The zero-order chi connectivity index (χ0) is 25.9. The second-order valence-corrected chi connectivity index (χ2v) is 11.0. The maximum absolute atomic E-state index is 15.5. The number of aromatic amines is 1. The highest BCUT2D eigenvalue weighted by Crippen LogP contribution is 2.47. The molecule has 1 aromatic carbocycles. The average molecular weight is 504 g/mol. The smallest absolute Gasteiger partial charge is 0.318 e. The molecule has 1 saturated carbocycles. The molecule has 4 aromatic rings. The molecule has 0 radical (unpaired) electrons. The Morgan fingerprint density at radius 1 is 1.22 bits per heavy atom. The SMILES string of the molecule is Cn1cc(-c2nc3c(-c4ccc(C5(NC(=O)N6CC(OC(C)(C)C)C6)CC5)c(F)c4)ccnc3[nH]2)cn1. The number of nitrogens with one attached hydrogen (secondary N) is 2. The van der Waals surface area contributed by atoms with Crippen LogP contribution in [0.2, 0.25) is 0 Å². The zero-order valence-corrected chi connectivity index (χ0v) is 21.4. The molecule has 192 valence electrons. The van der Waals surface area contributed by atoms with Gasteiger partial charge in [0.15, 0.2) is 5.65 Å². The van der Waals surface area contributed by atoms with E-state index in [-0.39, 0.29) is 23.6 Å². The molecule has 2 amide bonds. The first-order valence-corrected chi connectivity index (χ1v) is 12.5. The third kappa shape index (κ3) is 4.46. The monoisotopic (exact) mass is 503 g/mol. The molecular formula is C27H30FN7O2. The van der Waals surface area contributed by atoms with Gasteiger partial charge < -0.3 is 19.9 Å². The fraction of sp³-hybridized carbons (Fsp3) is 0.407. The van der Waals surface area contributed by atoms with Crippen molar-refractivity contribution in [3.8, 4) is 22.5 Å². The summed E-state index contributed by atoms with van der Waals surface area (Å²) in [5.74, 6) is 0.307. The van der Waals surface area contributed by atoms with Crippen molar-refractivity contribution < 1.29 is 13.9 Å². The van der Waals surface area contributed by atoms with Crippen LogP contribution in [0.15, 0.2) is 42.9 Å². The highest BCUT2D eigenvalue weighted by Gasteiger charge is 2.49. The van der Waals surface area contributed by atoms with Crippen molar-refractivity contribution in [2.24, 2.45) is 7.05 Å². The van der Waals surface area contributed by atoms with Gasteiger partial charge in [-0.15, -0.1) is 0 Å². The number of nitrogens with zero attached hydrogens (tertiary/aromatic N) is 5. The minimum Gasteiger partial charge on any atom is -0.369 e. The van der Waals surface area contributed by atoms with E-state index in [0.29, 0.717) is 54.0 Å². The molecular weight excluding hydrogens is 473 g/mol. The lowest BCUT2D eigenvalue weighted by Gasteiger charge is -2.42. The van der Waals surface area contributed by atoms with Crippen LogP contribution in [0.25, 0.3) is 33.7 Å². The number of aryl methyl sites for hydroxylation is 1. The molecule has 37 heavy (non-hydrogen) atoms. The van der Waals surface area contributed by atoms with Crippen LogP contribution in [0.5, 0.6) is 0 Å². The van der Waals surface area contributed by atoms with Crippen LogP contribution >= 0.6 is 0 Å². The van der Waals surface area contributed by atoms with Gasteiger partial charge in [-0.1, -0.05) is 12.1 Å². The Labute approximate surface area is 214 Å². The highest BCUT2D eigenvalue weighted by atomic mass is 19.1. The van der Waals surface area contributed by atoms with Crippen LogP contribution in [0.1, 0.15) is 39.2 Å². The maximum Gasteiger partial charge on any atom is 0.318 e. The molecule has 1 aliphatic carbocycles. The fourth-order valence-corrected chi connectivity index (χ4v) is 4.94. The number of imidazole rings is 1. The number of halogens is 1. The minimum atomic E-state index is -0.664. The number of aromatic nitrogens is 5. The van der Waals surface area contributed by atoms with Crippen LogP contribution in [0.3, 0.4) is 0 Å². The number of likely N-dealkylation sites (tertiary alicyclic amines) is 1. The van der Waals surface area contributed by atoms with Crippen LogP contribution in [-0.4, -0.2) is 60.5 Å². The van der Waals surface area contributed by atoms with Crippen LogP contribution < -0.4 is 5.32 Å². The summed E-state index contributed by atoms with van der Waals surface area (Å²) in [6, 6.07) is 6.84. The summed E-state index contributed by atoms with van der Waals surface area (Å²) in [7, 11) is 1.84. The quantitative estimate of drug-likeness (QED) is 0.421. The van der Waals surface area contributed by atoms with E-state index < -0.39 is 5.54 Å². The van der Waals surface area contributed by atoms with Crippen molar-refractivity contribution >= 4 is 17.2 Å². The van der Waals surface area contributed by atoms with E-state index in [1.807, 2.05) is 46.1 Å². The predicted octanol–water partition coefficient (Wildman–Crippen LogP) is 4.36. The predicted molar refractivity (Wildman–Crippen MR) is 137 cm³/mol. The zero-order valence-electron chi connectivity index (χ0n) is 21.4. The van der Waals surface area contributed by atoms with Gasteiger partial charge >= 0.3 is 6.03 Å². The number of hydrogen-bond donors (Lipinski definition) is 2. The van der Waals surface area contributed by atoms with Gasteiger partial charge in [-0.2, -0.15) is 5.10 Å². The number of hydrogen-bond acceptors (Lipinski definition) is 5. The van der Waals surface area contributed by atoms with Gasteiger partial charge in [-0.3, -0.25) is 4.68 Å². The van der Waals surface area contributed by atoms with E-state index in [0.717, 1.165) is 11.1 Å². The first-order chi connectivity index (χ1) is 17.6. The van der Waals surface area contributed by atoms with Gasteiger partial charge in [-0.25, -0.2) is 19.2 Å². The number of pyridine rings is 1. The Morgan fingerprint density at radius 2 is 2.00 bits per heavy atom. The summed E-state index contributed by atoms with van der Waals surface area (Å²) >= 11 is 0. The summed E-state index contributed by atoms with van der Waals surface area (Å²) in [6.07, 6.45) is 6.73. The minimum absolute atomic E-state index is 0.0369. The summed E-state index contributed by atoms with van der Waals surface area (Å²) in [5.41, 5.74) is 3.21. The molecule has 0 spiro atoms. The Balaban J connectivity index is 1.21. The number of rotatable bonds is 5. The van der Waals surface area contributed by atoms with E-state index in [1.54, 1.807) is 28.0 Å². The number of fused-ring (bicyclic) bond motifs is 1. The molecule has 2 aliphatic rings. The molecule has 10 heteroatoms. The van der Waals surface area contributed by atoms with E-state index >= 15 is 4.39 Å². The van der Waals surface area contributed by atoms with E-state index in [4.69, 9.17) is 9.72 Å². The van der Waals surface area contributed by atoms with Gasteiger partial charge in [0.05, 0.1) is 42.1 Å². The molecule has 6 rings (SSSR count). The fourth-order valence-electron chi connectivity index (χ4n) is 4.94. The summed E-state index contributed by atoms with van der Waals surface area (Å²) in [6.45, 7) is 7.10. The number of urea groups is 1. The summed E-state index contributed by atoms with van der Waals surface area (Å²) in [5, 5.41) is 7.28. The first kappa shape index (κ1) is 23.6. The number of amides is 2. The standard InChI is InChI=1S/C27H30FN7O2/c1-26(2,3)37-18-14-35(15-18)25(36)33-27(8-9-27)20-6-5-16(11-21(20)28)19-7-10-29-24-22(19)31-23(32-24)17-12-30-34(4)13-17/h5-7,10-13,18H,8-9,14-15H2,1-4H3,(H,33,36)(H,29,31,32). The molecule has 1 aliphatic heterocycles. The largest absolute Gasteiger partial charge is 0.369 e. The van der Waals surface area contributed by atoms with Crippen molar-refractivity contribution in [2.75, 3.05) is 13.1 Å². The van der Waals surface area contributed by atoms with Gasteiger partial charge in [0, 0.05) is 30.6 Å². The van der Waals surface area contributed by atoms with Crippen molar-refractivity contribution in [2.45, 2.75) is 50.9 Å². The lowest BCUT2D eigenvalue weighted by molar-refractivity contribution is -0.111. The van der Waals surface area contributed by atoms with E-state index in [2.05, 4.69) is 20.4 Å². The molecule has 1 saturated heterocycles. The number of H-pyrrole nitrogens is 1. The summed E-state index contributed by atoms with van der Waals surface area (Å²) < 4.78 is 23.1.